The second-order valence-corrected chi connectivity index (χ2v) is 6.15. The van der Waals surface area contributed by atoms with Crippen LogP contribution in [0.15, 0.2) is 67.6 Å². The van der Waals surface area contributed by atoms with Crippen molar-refractivity contribution in [2.75, 3.05) is 4.90 Å². The summed E-state index contributed by atoms with van der Waals surface area (Å²) < 4.78 is 6.00. The highest BCUT2D eigenvalue weighted by Crippen LogP contribution is 2.48. The number of carbonyl (C=O) groups is 1. The summed E-state index contributed by atoms with van der Waals surface area (Å²) in [6.45, 7) is 0. The first kappa shape index (κ1) is 13.8. The van der Waals surface area contributed by atoms with Gasteiger partial charge in [0.1, 0.15) is 0 Å². The van der Waals surface area contributed by atoms with Crippen LogP contribution in [0, 0.1) is 0 Å². The van der Waals surface area contributed by atoms with Crippen molar-refractivity contribution in [2.24, 2.45) is 7.05 Å². The smallest absolute Gasteiger partial charge is 0.283 e. The molecular formula is C16H12N3O3S+. The number of carbonyl (C=O) groups excluding carboxylic acids is 1. The molecule has 0 unspecified atom stereocenters. The van der Waals surface area contributed by atoms with Crippen LogP contribution in [0.3, 0.4) is 0 Å². The Bertz CT molecular complexity index is 931. The summed E-state index contributed by atoms with van der Waals surface area (Å²) in [5.41, 5.74) is 0.760. The minimum absolute atomic E-state index is 0.0542. The largest absolute Gasteiger partial charge is 0.440 e. The van der Waals surface area contributed by atoms with Gasteiger partial charge in [-0.2, -0.15) is 0 Å². The Labute approximate surface area is 135 Å². The van der Waals surface area contributed by atoms with Crippen molar-refractivity contribution >= 4 is 29.0 Å². The van der Waals surface area contributed by atoms with Gasteiger partial charge in [0, 0.05) is 9.79 Å². The van der Waals surface area contributed by atoms with Crippen LogP contribution in [0.5, 0.6) is 0 Å². The number of nitrogens with one attached hydrogen (secondary N) is 1. The third kappa shape index (κ3) is 2.08. The summed E-state index contributed by atoms with van der Waals surface area (Å²) in [6, 6.07) is 15.2. The summed E-state index contributed by atoms with van der Waals surface area (Å²) >= 11 is 1.60. The lowest BCUT2D eigenvalue weighted by molar-refractivity contribution is -0.741. The minimum atomic E-state index is -0.689. The number of rotatable bonds is 1. The van der Waals surface area contributed by atoms with Crippen LogP contribution < -0.4 is 15.2 Å². The van der Waals surface area contributed by atoms with Crippen LogP contribution in [0.25, 0.3) is 0 Å². The van der Waals surface area contributed by atoms with Gasteiger partial charge < -0.3 is 0 Å². The zero-order chi connectivity index (χ0) is 16.0. The second-order valence-electron chi connectivity index (χ2n) is 5.07. The highest BCUT2D eigenvalue weighted by atomic mass is 32.2. The van der Waals surface area contributed by atoms with Crippen molar-refractivity contribution in [3.05, 3.63) is 64.6 Å². The number of anilines is 2. The van der Waals surface area contributed by atoms with Crippen LogP contribution in [0.1, 0.15) is 10.5 Å². The molecule has 1 aliphatic rings. The molecule has 0 saturated heterocycles. The molecule has 1 aromatic heterocycles. The van der Waals surface area contributed by atoms with Crippen LogP contribution in [0.4, 0.5) is 11.4 Å². The lowest BCUT2D eigenvalue weighted by atomic mass is 10.2. The highest BCUT2D eigenvalue weighted by molar-refractivity contribution is 7.99. The predicted molar refractivity (Wildman–Crippen MR) is 84.0 cm³/mol. The fraction of sp³-hybridized carbons (Fsp3) is 0.0625. The number of fused-ring (bicyclic) bond motifs is 2. The molecule has 7 heteroatoms. The molecule has 0 atom stereocenters. The Hall–Kier alpha value is -2.80. The van der Waals surface area contributed by atoms with Crippen molar-refractivity contribution in [1.82, 2.24) is 5.27 Å². The summed E-state index contributed by atoms with van der Waals surface area (Å²) in [4.78, 5) is 28.4. The van der Waals surface area contributed by atoms with Gasteiger partial charge >= 0.3 is 17.2 Å². The first-order valence-corrected chi connectivity index (χ1v) is 7.76. The Morgan fingerprint density at radius 1 is 1.09 bits per heavy atom. The molecule has 4 rings (SSSR count). The monoisotopic (exact) mass is 326 g/mol. The number of benzene rings is 2. The number of hydrogen-bond acceptors (Lipinski definition) is 4. The van der Waals surface area contributed by atoms with Crippen molar-refractivity contribution in [1.29, 1.82) is 0 Å². The normalized spacial score (nSPS) is 12.7. The van der Waals surface area contributed by atoms with E-state index < -0.39 is 11.5 Å². The summed E-state index contributed by atoms with van der Waals surface area (Å²) in [5.74, 6) is -0.428. The van der Waals surface area contributed by atoms with Gasteiger partial charge in [-0.1, -0.05) is 40.7 Å². The third-order valence-corrected chi connectivity index (χ3v) is 4.77. The van der Waals surface area contributed by atoms with E-state index >= 15 is 0 Å². The molecule has 0 spiro atoms. The summed E-state index contributed by atoms with van der Waals surface area (Å²) in [5, 5.41) is 2.38. The minimum Gasteiger partial charge on any atom is -0.283 e. The first-order valence-electron chi connectivity index (χ1n) is 6.94. The number of aromatic amines is 1. The van der Waals surface area contributed by atoms with E-state index in [1.165, 1.54) is 4.68 Å². The Balaban J connectivity index is 1.95. The maximum Gasteiger partial charge on any atom is 0.440 e. The van der Waals surface area contributed by atoms with Crippen LogP contribution in [-0.2, 0) is 7.05 Å². The molecule has 0 aliphatic carbocycles. The van der Waals surface area contributed by atoms with Gasteiger partial charge in [-0.05, 0) is 29.5 Å². The van der Waals surface area contributed by atoms with E-state index in [4.69, 9.17) is 4.52 Å². The first-order chi connectivity index (χ1) is 11.2. The van der Waals surface area contributed by atoms with Gasteiger partial charge in [-0.3, -0.25) is 14.2 Å². The number of hydrogen-bond donors (Lipinski definition) is 1. The van der Waals surface area contributed by atoms with Crippen molar-refractivity contribution in [2.45, 2.75) is 9.79 Å². The van der Waals surface area contributed by atoms with E-state index in [0.29, 0.717) is 0 Å². The molecule has 2 aromatic carbocycles. The number of para-hydroxylation sites is 2. The van der Waals surface area contributed by atoms with Gasteiger partial charge in [-0.15, -0.1) is 0 Å². The number of H-pyrrole nitrogens is 1. The van der Waals surface area contributed by atoms with Crippen molar-refractivity contribution < 1.29 is 14.0 Å². The predicted octanol–water partition coefficient (Wildman–Crippen LogP) is 2.24. The van der Waals surface area contributed by atoms with Gasteiger partial charge in [0.15, 0.2) is 7.05 Å². The van der Waals surface area contributed by atoms with Crippen LogP contribution >= 0.6 is 11.8 Å². The molecular weight excluding hydrogens is 314 g/mol. The SMILES string of the molecule is C[n+]1[nH]oc(=O)c1C(=O)N1c2ccccc2Sc2ccccc21. The van der Waals surface area contributed by atoms with Crippen LogP contribution in [-0.4, -0.2) is 11.2 Å². The standard InChI is InChI=1S/C16H11N3O3S/c1-18-14(16(21)22-17-18)15(20)19-10-6-2-4-8-12(10)23-13-9-5-3-7-11(13)19/h2-9H,1H3/p+1. The van der Waals surface area contributed by atoms with Crippen LogP contribution in [0.2, 0.25) is 0 Å². The molecule has 0 radical (unpaired) electrons. The topological polar surface area (TPSA) is 70.2 Å². The Kier molecular flexibility index (Phi) is 3.09. The second kappa shape index (κ2) is 5.13. The maximum absolute atomic E-state index is 13.0. The molecule has 0 bridgehead atoms. The lowest BCUT2D eigenvalue weighted by Gasteiger charge is -2.29. The quantitative estimate of drug-likeness (QED) is 0.696. The van der Waals surface area contributed by atoms with E-state index in [9.17, 15) is 9.59 Å². The van der Waals surface area contributed by atoms with Crippen molar-refractivity contribution in [3.63, 3.8) is 0 Å². The Morgan fingerprint density at radius 2 is 1.65 bits per heavy atom. The molecule has 0 fully saturated rings. The van der Waals surface area contributed by atoms with Crippen molar-refractivity contribution in [3.8, 4) is 0 Å². The molecule has 6 nitrogen and oxygen atoms in total. The number of amides is 1. The van der Waals surface area contributed by atoms with E-state index in [1.807, 2.05) is 48.5 Å². The average molecular weight is 326 g/mol. The zero-order valence-electron chi connectivity index (χ0n) is 12.1. The van der Waals surface area contributed by atoms with E-state index in [1.54, 1.807) is 23.7 Å². The van der Waals surface area contributed by atoms with Gasteiger partial charge in [-0.25, -0.2) is 4.79 Å². The molecule has 1 amide bonds. The molecule has 114 valence electrons. The molecule has 1 N–H and O–H groups in total. The summed E-state index contributed by atoms with van der Waals surface area (Å²) in [7, 11) is 1.56. The lowest BCUT2D eigenvalue weighted by Crippen LogP contribution is -2.44. The average Bonchev–Trinajstić information content (AvgIpc) is 2.90. The fourth-order valence-electron chi connectivity index (χ4n) is 2.60. The fourth-order valence-corrected chi connectivity index (χ4v) is 3.66. The third-order valence-electron chi connectivity index (χ3n) is 3.64. The summed E-state index contributed by atoms with van der Waals surface area (Å²) in [6.07, 6.45) is 0. The van der Waals surface area contributed by atoms with E-state index in [-0.39, 0.29) is 5.69 Å². The molecule has 3 aromatic rings. The Morgan fingerprint density at radius 3 is 2.17 bits per heavy atom. The molecule has 23 heavy (non-hydrogen) atoms. The molecule has 0 saturated carbocycles. The maximum atomic E-state index is 13.0. The highest BCUT2D eigenvalue weighted by Gasteiger charge is 2.36. The van der Waals surface area contributed by atoms with E-state index in [2.05, 4.69) is 5.27 Å². The molecule has 1 aliphatic heterocycles. The zero-order valence-corrected chi connectivity index (χ0v) is 13.0. The van der Waals surface area contributed by atoms with Gasteiger partial charge in [0.25, 0.3) is 0 Å². The van der Waals surface area contributed by atoms with Gasteiger partial charge in [0.05, 0.1) is 11.4 Å². The van der Waals surface area contributed by atoms with Gasteiger partial charge in [0.2, 0.25) is 0 Å². The van der Waals surface area contributed by atoms with E-state index in [0.717, 1.165) is 21.2 Å². The number of nitrogens with zero attached hydrogens (tertiary/aromatic N) is 2. The number of aryl methyl sites for hydroxylation is 1. The number of aromatic nitrogens is 2. The molecule has 2 heterocycles.